The van der Waals surface area contributed by atoms with Gasteiger partial charge in [0, 0.05) is 5.54 Å². The highest BCUT2D eigenvalue weighted by Gasteiger charge is 2.10. The number of aromatic carboxylic acids is 1. The van der Waals surface area contributed by atoms with E-state index in [0.29, 0.717) is 11.5 Å². The number of carboxylic acids is 1. The second kappa shape index (κ2) is 6.15. The monoisotopic (exact) mass is 256 g/mol. The van der Waals surface area contributed by atoms with Crippen LogP contribution >= 0.6 is 11.6 Å². The van der Waals surface area contributed by atoms with Crippen LogP contribution in [0.5, 0.6) is 11.5 Å². The maximum atomic E-state index is 10.8. The van der Waals surface area contributed by atoms with Crippen LogP contribution in [0.1, 0.15) is 17.3 Å². The van der Waals surface area contributed by atoms with Crippen molar-refractivity contribution < 1.29 is 19.4 Å². The summed E-state index contributed by atoms with van der Waals surface area (Å²) in [5.41, 5.74) is 2.39. The minimum atomic E-state index is -1.01. The molecule has 5 heteroatoms. The van der Waals surface area contributed by atoms with E-state index in [4.69, 9.17) is 26.2 Å². The maximum absolute atomic E-state index is 10.8. The number of carbonyl (C=O) groups is 1. The van der Waals surface area contributed by atoms with Crippen LogP contribution in [0.2, 0.25) is 0 Å². The molecule has 1 aromatic carbocycles. The number of carboxylic acid groups (broad SMARTS) is 1. The van der Waals surface area contributed by atoms with Crippen molar-refractivity contribution in [3.63, 3.8) is 0 Å². The molecule has 0 spiro atoms. The molecule has 17 heavy (non-hydrogen) atoms. The van der Waals surface area contributed by atoms with Crippen molar-refractivity contribution in [2.75, 3.05) is 13.7 Å². The van der Waals surface area contributed by atoms with Crippen LogP contribution in [-0.4, -0.2) is 24.8 Å². The molecule has 0 amide bonds. The van der Waals surface area contributed by atoms with Gasteiger partial charge in [0.25, 0.3) is 0 Å². The Balaban J connectivity index is 2.94. The Hall–Kier alpha value is -1.68. The molecular weight excluding hydrogens is 244 g/mol. The molecule has 0 radical (unpaired) electrons. The summed E-state index contributed by atoms with van der Waals surface area (Å²) in [5.74, 6) is -0.148. The summed E-state index contributed by atoms with van der Waals surface area (Å²) in [4.78, 5) is 10.8. The van der Waals surface area contributed by atoms with Gasteiger partial charge in [-0.1, -0.05) is 11.6 Å². The van der Waals surface area contributed by atoms with E-state index in [-0.39, 0.29) is 12.2 Å². The lowest BCUT2D eigenvalue weighted by Gasteiger charge is -2.11. The zero-order chi connectivity index (χ0) is 12.8. The van der Waals surface area contributed by atoms with E-state index in [9.17, 15) is 4.79 Å². The van der Waals surface area contributed by atoms with Crippen LogP contribution in [0.4, 0.5) is 0 Å². The molecule has 92 valence electrons. The number of benzene rings is 1. The van der Waals surface area contributed by atoms with Crippen LogP contribution < -0.4 is 9.47 Å². The lowest BCUT2D eigenvalue weighted by atomic mass is 10.2. The number of hydrogen-bond acceptors (Lipinski definition) is 3. The molecule has 0 atom stereocenters. The van der Waals surface area contributed by atoms with Gasteiger partial charge in [-0.3, -0.25) is 0 Å². The van der Waals surface area contributed by atoms with Crippen molar-refractivity contribution in [3.05, 3.63) is 34.9 Å². The smallest absolute Gasteiger partial charge is 0.335 e. The summed E-state index contributed by atoms with van der Waals surface area (Å²) in [5, 5.41) is 8.87. The van der Waals surface area contributed by atoms with Gasteiger partial charge in [0.2, 0.25) is 0 Å². The highest BCUT2D eigenvalue weighted by molar-refractivity contribution is 6.25. The Bertz CT molecular complexity index is 440. The van der Waals surface area contributed by atoms with Crippen LogP contribution in [0.15, 0.2) is 29.3 Å². The first kappa shape index (κ1) is 13.4. The minimum Gasteiger partial charge on any atom is -0.493 e. The number of halogens is 1. The third kappa shape index (κ3) is 3.67. The molecule has 0 aliphatic carbocycles. The Morgan fingerprint density at radius 2 is 2.18 bits per heavy atom. The first-order chi connectivity index (χ1) is 8.08. The fraction of sp³-hybridized carbons (Fsp3) is 0.250. The lowest BCUT2D eigenvalue weighted by Crippen LogP contribution is -2.03. The number of hydrogen-bond donors (Lipinski definition) is 1. The van der Waals surface area contributed by atoms with Gasteiger partial charge in [0.15, 0.2) is 11.5 Å². The summed E-state index contributed by atoms with van der Waals surface area (Å²) in [6.07, 6.45) is 0. The second-order valence-electron chi connectivity index (χ2n) is 3.41. The third-order valence-electron chi connectivity index (χ3n) is 2.05. The third-order valence-corrected chi connectivity index (χ3v) is 2.42. The van der Waals surface area contributed by atoms with Crippen molar-refractivity contribution in [1.29, 1.82) is 0 Å². The van der Waals surface area contributed by atoms with Crippen LogP contribution in [0, 0.1) is 0 Å². The maximum Gasteiger partial charge on any atom is 0.335 e. The number of rotatable bonds is 5. The number of ether oxygens (including phenoxy) is 2. The first-order valence-corrected chi connectivity index (χ1v) is 5.32. The topological polar surface area (TPSA) is 55.8 Å². The van der Waals surface area contributed by atoms with E-state index >= 15 is 0 Å². The number of methoxy groups -OCH3 is 1. The van der Waals surface area contributed by atoms with Gasteiger partial charge in [-0.2, -0.15) is 0 Å². The zero-order valence-electron chi connectivity index (χ0n) is 9.57. The quantitative estimate of drug-likeness (QED) is 0.880. The highest BCUT2D eigenvalue weighted by Crippen LogP contribution is 2.28. The molecule has 4 nitrogen and oxygen atoms in total. The molecule has 0 aliphatic rings. The van der Waals surface area contributed by atoms with Crippen molar-refractivity contribution in [1.82, 2.24) is 0 Å². The van der Waals surface area contributed by atoms with Gasteiger partial charge in [0.1, 0.15) is 6.61 Å². The second-order valence-corrected chi connectivity index (χ2v) is 3.63. The zero-order valence-corrected chi connectivity index (χ0v) is 10.3. The van der Waals surface area contributed by atoms with Gasteiger partial charge in [0.05, 0.1) is 12.7 Å². The van der Waals surface area contributed by atoms with Crippen molar-refractivity contribution in [3.8, 4) is 11.5 Å². The molecule has 0 aromatic heterocycles. The van der Waals surface area contributed by atoms with Gasteiger partial charge < -0.3 is 14.6 Å². The largest absolute Gasteiger partial charge is 0.493 e. The summed E-state index contributed by atoms with van der Waals surface area (Å²) in [6, 6.07) is 4.43. The van der Waals surface area contributed by atoms with Crippen LogP contribution in [0.25, 0.3) is 0 Å². The minimum absolute atomic E-state index is 0.147. The first-order valence-electron chi connectivity index (χ1n) is 4.88. The predicted molar refractivity (Wildman–Crippen MR) is 65.1 cm³/mol. The molecule has 0 aliphatic heterocycles. The Labute approximate surface area is 104 Å². The van der Waals surface area contributed by atoms with E-state index in [1.54, 1.807) is 13.0 Å². The Morgan fingerprint density at radius 1 is 1.47 bits per heavy atom. The summed E-state index contributed by atoms with van der Waals surface area (Å²) in [6.45, 7) is 2.09. The Kier molecular flexibility index (Phi) is 4.84. The molecule has 0 fully saturated rings. The summed E-state index contributed by atoms with van der Waals surface area (Å²) < 4.78 is 10.5. The van der Waals surface area contributed by atoms with E-state index in [1.165, 1.54) is 24.8 Å². The van der Waals surface area contributed by atoms with Gasteiger partial charge >= 0.3 is 5.97 Å². The molecular formula is C12H13ClO4. The summed E-state index contributed by atoms with van der Waals surface area (Å²) in [7, 11) is 1.49. The normalized spacial score (nSPS) is 11.1. The standard InChI is InChI=1S/C12H13ClO4/c1-8(6-13)7-17-11-5-9(12(14)15)3-4-10(11)16-2/h3-6H,7H2,1-2H3,(H,14,15)/b8-6+. The fourth-order valence-electron chi connectivity index (χ4n) is 1.15. The van der Waals surface area contributed by atoms with Crippen LogP contribution in [0.3, 0.4) is 0 Å². The molecule has 1 N–H and O–H groups in total. The summed E-state index contributed by atoms with van der Waals surface area (Å²) >= 11 is 5.51. The lowest BCUT2D eigenvalue weighted by molar-refractivity contribution is 0.0696. The molecule has 0 unspecified atom stereocenters. The molecule has 0 saturated heterocycles. The van der Waals surface area contributed by atoms with Gasteiger partial charge in [-0.25, -0.2) is 4.79 Å². The molecule has 1 rings (SSSR count). The average Bonchev–Trinajstić information content (AvgIpc) is 2.35. The average molecular weight is 257 g/mol. The van der Waals surface area contributed by atoms with Gasteiger partial charge in [-0.15, -0.1) is 0 Å². The molecule has 0 bridgehead atoms. The van der Waals surface area contributed by atoms with Crippen molar-refractivity contribution in [2.24, 2.45) is 0 Å². The Morgan fingerprint density at radius 3 is 2.71 bits per heavy atom. The molecule has 0 heterocycles. The van der Waals surface area contributed by atoms with Gasteiger partial charge in [-0.05, 0) is 30.7 Å². The molecule has 1 aromatic rings. The van der Waals surface area contributed by atoms with Crippen LogP contribution in [-0.2, 0) is 0 Å². The fourth-order valence-corrected chi connectivity index (χ4v) is 1.21. The van der Waals surface area contributed by atoms with E-state index in [1.807, 2.05) is 0 Å². The molecule has 0 saturated carbocycles. The van der Waals surface area contributed by atoms with E-state index in [2.05, 4.69) is 0 Å². The predicted octanol–water partition coefficient (Wildman–Crippen LogP) is 2.91. The van der Waals surface area contributed by atoms with Crippen molar-refractivity contribution in [2.45, 2.75) is 6.92 Å². The van der Waals surface area contributed by atoms with E-state index in [0.717, 1.165) is 5.57 Å². The van der Waals surface area contributed by atoms with E-state index < -0.39 is 5.97 Å². The van der Waals surface area contributed by atoms with Crippen molar-refractivity contribution >= 4 is 17.6 Å². The highest BCUT2D eigenvalue weighted by atomic mass is 35.5. The SMILES string of the molecule is COc1ccc(C(=O)O)cc1OC/C(C)=C/Cl.